The third kappa shape index (κ3) is 3.59. The van der Waals surface area contributed by atoms with Crippen molar-refractivity contribution < 1.29 is 9.22 Å². The Bertz CT molecular complexity index is 368. The molecular weight excluding hydrogens is 263 g/mol. The Hall–Kier alpha value is -0.353. The first-order chi connectivity index (χ1) is 7.35. The van der Waals surface area contributed by atoms with E-state index in [2.05, 4.69) is 0 Å². The van der Waals surface area contributed by atoms with Crippen LogP contribution in [0.2, 0.25) is 29.7 Å². The zero-order valence-corrected chi connectivity index (χ0v) is 12.0. The Balaban J connectivity index is 3.09. The van der Waals surface area contributed by atoms with Crippen molar-refractivity contribution in [2.75, 3.05) is 0 Å². The molecule has 0 fully saturated rings. The second kappa shape index (κ2) is 5.32. The van der Waals surface area contributed by atoms with Crippen LogP contribution in [0.3, 0.4) is 0 Å². The van der Waals surface area contributed by atoms with E-state index in [1.807, 2.05) is 19.6 Å². The molecule has 0 amide bonds. The third-order valence-corrected chi connectivity index (χ3v) is 3.51. The maximum Gasteiger partial charge on any atom is 0.185 e. The summed E-state index contributed by atoms with van der Waals surface area (Å²) in [4.78, 5) is 11.1. The summed E-state index contributed by atoms with van der Waals surface area (Å²) in [6.45, 7) is 6.02. The molecule has 16 heavy (non-hydrogen) atoms. The van der Waals surface area contributed by atoms with Gasteiger partial charge in [0.05, 0.1) is 0 Å². The second-order valence-corrected chi connectivity index (χ2v) is 9.70. The number of aldehydes is 1. The zero-order chi connectivity index (χ0) is 12.3. The smallest absolute Gasteiger partial charge is 0.185 e. The molecule has 0 unspecified atom stereocenters. The Morgan fingerprint density at radius 2 is 1.75 bits per heavy atom. The van der Waals surface area contributed by atoms with Gasteiger partial charge < -0.3 is 9.22 Å². The molecule has 1 aromatic rings. The highest BCUT2D eigenvalue weighted by atomic mass is 35.5. The molecule has 88 valence electrons. The van der Waals surface area contributed by atoms with E-state index >= 15 is 0 Å². The van der Waals surface area contributed by atoms with E-state index in [0.29, 0.717) is 15.6 Å². The maximum atomic E-state index is 11.1. The summed E-state index contributed by atoms with van der Waals surface area (Å²) in [7, 11) is -1.82. The molecule has 2 nitrogen and oxygen atoms in total. The molecule has 5 heteroatoms. The number of hydrogen-bond acceptors (Lipinski definition) is 2. The first-order valence-corrected chi connectivity index (χ1v) is 9.08. The summed E-state index contributed by atoms with van der Waals surface area (Å²) < 4.78 is 5.74. The van der Waals surface area contributed by atoms with Gasteiger partial charge in [0, 0.05) is 15.6 Å². The minimum atomic E-state index is -1.82. The molecule has 0 saturated carbocycles. The third-order valence-electron chi connectivity index (χ3n) is 1.89. The predicted molar refractivity (Wildman–Crippen MR) is 69.7 cm³/mol. The summed E-state index contributed by atoms with van der Waals surface area (Å²) in [5.41, 5.74) is 0.559. The molecule has 0 heterocycles. The Labute approximate surface area is 107 Å². The summed E-state index contributed by atoms with van der Waals surface area (Å²) in [6, 6.07) is 5.14. The Kier molecular flexibility index (Phi) is 4.56. The first kappa shape index (κ1) is 13.7. The van der Waals surface area contributed by atoms with Gasteiger partial charge in [-0.05, 0) is 31.8 Å². The van der Waals surface area contributed by atoms with Gasteiger partial charge in [-0.25, -0.2) is 0 Å². The maximum absolute atomic E-state index is 11.1. The Morgan fingerprint density at radius 1 is 1.25 bits per heavy atom. The molecule has 0 aliphatic rings. The topological polar surface area (TPSA) is 26.3 Å². The van der Waals surface area contributed by atoms with Crippen molar-refractivity contribution in [3.63, 3.8) is 0 Å². The Morgan fingerprint density at radius 3 is 2.12 bits per heavy atom. The zero-order valence-electron chi connectivity index (χ0n) is 9.46. The van der Waals surface area contributed by atoms with Gasteiger partial charge in [-0.2, -0.15) is 0 Å². The highest BCUT2D eigenvalue weighted by Crippen LogP contribution is 2.32. The van der Waals surface area contributed by atoms with Gasteiger partial charge in [0.1, 0.15) is 6.10 Å². The number of carbonyl (C=O) groups excluding carboxylic acids is 1. The van der Waals surface area contributed by atoms with Crippen molar-refractivity contribution in [1.29, 1.82) is 0 Å². The monoisotopic (exact) mass is 276 g/mol. The van der Waals surface area contributed by atoms with Gasteiger partial charge in [-0.3, -0.25) is 0 Å². The predicted octanol–water partition coefficient (Wildman–Crippen LogP) is 4.08. The molecule has 0 saturated heterocycles. The van der Waals surface area contributed by atoms with Crippen molar-refractivity contribution >= 4 is 37.8 Å². The summed E-state index contributed by atoms with van der Waals surface area (Å²) in [5.74, 6) is 0. The lowest BCUT2D eigenvalue weighted by molar-refractivity contribution is -0.114. The molecule has 0 bridgehead atoms. The van der Waals surface area contributed by atoms with Crippen LogP contribution in [-0.2, 0) is 9.22 Å². The van der Waals surface area contributed by atoms with Crippen LogP contribution in [0.1, 0.15) is 11.7 Å². The highest BCUT2D eigenvalue weighted by Gasteiger charge is 2.25. The molecular formula is C11H14Cl2O2Si. The van der Waals surface area contributed by atoms with Crippen molar-refractivity contribution in [2.24, 2.45) is 0 Å². The van der Waals surface area contributed by atoms with Gasteiger partial charge >= 0.3 is 0 Å². The van der Waals surface area contributed by atoms with Crippen molar-refractivity contribution in [3.8, 4) is 0 Å². The van der Waals surface area contributed by atoms with Crippen molar-refractivity contribution in [2.45, 2.75) is 25.7 Å². The van der Waals surface area contributed by atoms with Crippen LogP contribution in [0.25, 0.3) is 0 Å². The minimum Gasteiger partial charge on any atom is -0.404 e. The lowest BCUT2D eigenvalue weighted by Gasteiger charge is -2.24. The van der Waals surface area contributed by atoms with E-state index < -0.39 is 14.4 Å². The number of rotatable bonds is 4. The SMILES string of the molecule is C[Si](C)(C)O[C@@H](C=O)c1c(Cl)cccc1Cl. The number of carbonyl (C=O) groups is 1. The van der Waals surface area contributed by atoms with E-state index in [1.54, 1.807) is 18.2 Å². The lowest BCUT2D eigenvalue weighted by Crippen LogP contribution is -2.28. The quantitative estimate of drug-likeness (QED) is 0.612. The van der Waals surface area contributed by atoms with Crippen LogP contribution in [-0.4, -0.2) is 14.6 Å². The van der Waals surface area contributed by atoms with Crippen LogP contribution in [0.5, 0.6) is 0 Å². The van der Waals surface area contributed by atoms with Crippen LogP contribution in [0.15, 0.2) is 18.2 Å². The van der Waals surface area contributed by atoms with Gasteiger partial charge in [-0.15, -0.1) is 0 Å². The van der Waals surface area contributed by atoms with Crippen LogP contribution in [0.4, 0.5) is 0 Å². The molecule has 1 aromatic carbocycles. The number of benzene rings is 1. The van der Waals surface area contributed by atoms with Gasteiger partial charge in [-0.1, -0.05) is 29.3 Å². The number of halogens is 2. The average Bonchev–Trinajstić information content (AvgIpc) is 2.14. The summed E-state index contributed by atoms with van der Waals surface area (Å²) >= 11 is 12.0. The minimum absolute atomic E-state index is 0.461. The van der Waals surface area contributed by atoms with Crippen molar-refractivity contribution in [1.82, 2.24) is 0 Å². The molecule has 0 N–H and O–H groups in total. The molecule has 1 atom stereocenters. The fourth-order valence-corrected chi connectivity index (χ4v) is 2.87. The molecule has 0 spiro atoms. The van der Waals surface area contributed by atoms with Gasteiger partial charge in [0.2, 0.25) is 0 Å². The van der Waals surface area contributed by atoms with Gasteiger partial charge in [0.25, 0.3) is 0 Å². The van der Waals surface area contributed by atoms with E-state index in [1.165, 1.54) is 0 Å². The fraction of sp³-hybridized carbons (Fsp3) is 0.364. The van der Waals surface area contributed by atoms with Crippen LogP contribution < -0.4 is 0 Å². The molecule has 0 aromatic heterocycles. The highest BCUT2D eigenvalue weighted by molar-refractivity contribution is 6.69. The standard InChI is InChI=1S/C11H14Cl2O2Si/c1-16(2,3)15-10(7-14)11-8(12)5-4-6-9(11)13/h4-7,10H,1-3H3/t10-/m0/s1. The first-order valence-electron chi connectivity index (χ1n) is 4.92. The van der Waals surface area contributed by atoms with Crippen LogP contribution >= 0.6 is 23.2 Å². The van der Waals surface area contributed by atoms with E-state index in [0.717, 1.165) is 6.29 Å². The van der Waals surface area contributed by atoms with Gasteiger partial charge in [0.15, 0.2) is 14.6 Å². The molecule has 0 aliphatic heterocycles. The molecule has 0 aliphatic carbocycles. The second-order valence-electron chi connectivity index (χ2n) is 4.42. The van der Waals surface area contributed by atoms with E-state index in [9.17, 15) is 4.79 Å². The fourth-order valence-electron chi connectivity index (χ4n) is 1.32. The average molecular weight is 277 g/mol. The largest absolute Gasteiger partial charge is 0.404 e. The van der Waals surface area contributed by atoms with Crippen LogP contribution in [0, 0.1) is 0 Å². The van der Waals surface area contributed by atoms with E-state index in [-0.39, 0.29) is 0 Å². The summed E-state index contributed by atoms with van der Waals surface area (Å²) in [5, 5.41) is 0.922. The normalized spacial score (nSPS) is 13.6. The number of hydrogen-bond donors (Lipinski definition) is 0. The summed E-state index contributed by atoms with van der Waals surface area (Å²) in [6.07, 6.45) is 0.0681. The van der Waals surface area contributed by atoms with E-state index in [4.69, 9.17) is 27.6 Å². The van der Waals surface area contributed by atoms with Crippen molar-refractivity contribution in [3.05, 3.63) is 33.8 Å². The molecule has 0 radical (unpaired) electrons. The lowest BCUT2D eigenvalue weighted by atomic mass is 10.1. The molecule has 1 rings (SSSR count).